The SMILES string of the molecule is COCc1ccc(C(=O)N[C@H]2COCC[C@@H]2O)o1. The third-order valence-electron chi connectivity index (χ3n) is 2.81. The molecule has 1 aromatic rings. The van der Waals surface area contributed by atoms with E-state index >= 15 is 0 Å². The standard InChI is InChI=1S/C12H17NO5/c1-16-6-8-2-3-11(18-8)12(15)13-9-7-17-5-4-10(9)14/h2-3,9-10,14H,4-7H2,1H3,(H,13,15)/t9-,10-/m0/s1. The van der Waals surface area contributed by atoms with E-state index in [0.717, 1.165) is 0 Å². The summed E-state index contributed by atoms with van der Waals surface area (Å²) in [5.74, 6) is 0.440. The maximum absolute atomic E-state index is 11.9. The van der Waals surface area contributed by atoms with E-state index in [-0.39, 0.29) is 17.7 Å². The number of carbonyl (C=O) groups excluding carboxylic acids is 1. The maximum Gasteiger partial charge on any atom is 0.287 e. The molecule has 6 heteroatoms. The fourth-order valence-corrected chi connectivity index (χ4v) is 1.82. The zero-order chi connectivity index (χ0) is 13.0. The fourth-order valence-electron chi connectivity index (χ4n) is 1.82. The minimum Gasteiger partial charge on any atom is -0.453 e. The monoisotopic (exact) mass is 255 g/mol. The molecule has 2 rings (SSSR count). The summed E-state index contributed by atoms with van der Waals surface area (Å²) in [7, 11) is 1.55. The van der Waals surface area contributed by atoms with E-state index in [0.29, 0.717) is 32.0 Å². The molecule has 0 aliphatic carbocycles. The van der Waals surface area contributed by atoms with E-state index in [9.17, 15) is 9.90 Å². The summed E-state index contributed by atoms with van der Waals surface area (Å²) in [6.07, 6.45) is -0.0472. The van der Waals surface area contributed by atoms with Gasteiger partial charge in [0.2, 0.25) is 0 Å². The van der Waals surface area contributed by atoms with Gasteiger partial charge in [0, 0.05) is 13.7 Å². The molecule has 2 N–H and O–H groups in total. The Hall–Kier alpha value is -1.37. The number of ether oxygens (including phenoxy) is 2. The lowest BCUT2D eigenvalue weighted by Gasteiger charge is -2.28. The van der Waals surface area contributed by atoms with Crippen molar-refractivity contribution < 1.29 is 23.8 Å². The maximum atomic E-state index is 11.9. The fraction of sp³-hybridized carbons (Fsp3) is 0.583. The van der Waals surface area contributed by atoms with Crippen molar-refractivity contribution in [3.63, 3.8) is 0 Å². The van der Waals surface area contributed by atoms with Crippen molar-refractivity contribution in [3.8, 4) is 0 Å². The van der Waals surface area contributed by atoms with Crippen LogP contribution in [0.4, 0.5) is 0 Å². The molecule has 1 amide bonds. The molecule has 0 unspecified atom stereocenters. The number of amides is 1. The second kappa shape index (κ2) is 5.99. The van der Waals surface area contributed by atoms with Gasteiger partial charge in [-0.3, -0.25) is 4.79 Å². The van der Waals surface area contributed by atoms with Crippen molar-refractivity contribution in [2.45, 2.75) is 25.2 Å². The Bertz CT molecular complexity index is 403. The van der Waals surface area contributed by atoms with Gasteiger partial charge < -0.3 is 24.3 Å². The van der Waals surface area contributed by atoms with Crippen LogP contribution in [-0.4, -0.2) is 43.5 Å². The van der Waals surface area contributed by atoms with Crippen LogP contribution in [0.5, 0.6) is 0 Å². The van der Waals surface area contributed by atoms with Gasteiger partial charge in [-0.1, -0.05) is 0 Å². The van der Waals surface area contributed by atoms with Gasteiger partial charge in [-0.25, -0.2) is 0 Å². The summed E-state index contributed by atoms with van der Waals surface area (Å²) in [6, 6.07) is 2.88. The molecule has 100 valence electrons. The summed E-state index contributed by atoms with van der Waals surface area (Å²) in [5, 5.41) is 12.4. The molecule has 0 bridgehead atoms. The summed E-state index contributed by atoms with van der Waals surface area (Å²) < 4.78 is 15.4. The summed E-state index contributed by atoms with van der Waals surface area (Å²) >= 11 is 0. The van der Waals surface area contributed by atoms with E-state index in [1.807, 2.05) is 0 Å². The van der Waals surface area contributed by atoms with Crippen LogP contribution in [0, 0.1) is 0 Å². The topological polar surface area (TPSA) is 80.9 Å². The van der Waals surface area contributed by atoms with E-state index in [1.165, 1.54) is 0 Å². The zero-order valence-electron chi connectivity index (χ0n) is 10.2. The summed E-state index contributed by atoms with van der Waals surface area (Å²) in [4.78, 5) is 11.9. The molecule has 2 atom stereocenters. The van der Waals surface area contributed by atoms with Gasteiger partial charge in [0.05, 0.1) is 18.8 Å². The Morgan fingerprint density at radius 1 is 1.61 bits per heavy atom. The number of aliphatic hydroxyl groups excluding tert-OH is 1. The van der Waals surface area contributed by atoms with E-state index in [2.05, 4.69) is 5.32 Å². The van der Waals surface area contributed by atoms with Crippen LogP contribution < -0.4 is 5.32 Å². The Morgan fingerprint density at radius 2 is 2.44 bits per heavy atom. The van der Waals surface area contributed by atoms with Crippen molar-refractivity contribution in [2.24, 2.45) is 0 Å². The molecule has 2 heterocycles. The predicted molar refractivity (Wildman–Crippen MR) is 62.1 cm³/mol. The Balaban J connectivity index is 1.93. The zero-order valence-corrected chi connectivity index (χ0v) is 10.2. The number of carbonyl (C=O) groups is 1. The van der Waals surface area contributed by atoms with Gasteiger partial charge >= 0.3 is 0 Å². The highest BCUT2D eigenvalue weighted by Crippen LogP contribution is 2.11. The largest absolute Gasteiger partial charge is 0.453 e. The van der Waals surface area contributed by atoms with Crippen molar-refractivity contribution in [3.05, 3.63) is 23.7 Å². The quantitative estimate of drug-likeness (QED) is 0.809. The van der Waals surface area contributed by atoms with Crippen molar-refractivity contribution in [1.29, 1.82) is 0 Å². The van der Waals surface area contributed by atoms with Crippen molar-refractivity contribution in [1.82, 2.24) is 5.32 Å². The Kier molecular flexibility index (Phi) is 4.35. The molecule has 18 heavy (non-hydrogen) atoms. The molecule has 1 fully saturated rings. The highest BCUT2D eigenvalue weighted by atomic mass is 16.5. The van der Waals surface area contributed by atoms with Crippen LogP contribution in [0.1, 0.15) is 22.7 Å². The number of furan rings is 1. The van der Waals surface area contributed by atoms with Crippen LogP contribution in [-0.2, 0) is 16.1 Å². The average Bonchev–Trinajstić information content (AvgIpc) is 2.81. The molecule has 0 aromatic carbocycles. The smallest absolute Gasteiger partial charge is 0.287 e. The van der Waals surface area contributed by atoms with Crippen LogP contribution in [0.3, 0.4) is 0 Å². The molecule has 0 saturated carbocycles. The highest BCUT2D eigenvalue weighted by Gasteiger charge is 2.26. The van der Waals surface area contributed by atoms with Gasteiger partial charge in [-0.15, -0.1) is 0 Å². The van der Waals surface area contributed by atoms with E-state index < -0.39 is 6.10 Å². The number of nitrogens with one attached hydrogen (secondary N) is 1. The second-order valence-corrected chi connectivity index (χ2v) is 4.21. The second-order valence-electron chi connectivity index (χ2n) is 4.21. The number of methoxy groups -OCH3 is 1. The molecular weight excluding hydrogens is 238 g/mol. The number of hydrogen-bond acceptors (Lipinski definition) is 5. The van der Waals surface area contributed by atoms with Gasteiger partial charge in [0.1, 0.15) is 12.4 Å². The first-order valence-electron chi connectivity index (χ1n) is 5.85. The lowest BCUT2D eigenvalue weighted by atomic mass is 10.1. The Labute approximate surface area is 105 Å². The predicted octanol–water partition coefficient (Wildman–Crippen LogP) is 0.306. The van der Waals surface area contributed by atoms with Crippen LogP contribution >= 0.6 is 0 Å². The highest BCUT2D eigenvalue weighted by molar-refractivity contribution is 5.91. The first-order chi connectivity index (χ1) is 8.70. The van der Waals surface area contributed by atoms with E-state index in [4.69, 9.17) is 13.9 Å². The van der Waals surface area contributed by atoms with Crippen LogP contribution in [0.25, 0.3) is 0 Å². The molecule has 1 saturated heterocycles. The third kappa shape index (κ3) is 3.10. The van der Waals surface area contributed by atoms with Gasteiger partial charge in [-0.2, -0.15) is 0 Å². The van der Waals surface area contributed by atoms with Crippen LogP contribution in [0.15, 0.2) is 16.5 Å². The first kappa shape index (κ1) is 13.1. The molecule has 1 aliphatic heterocycles. The lowest BCUT2D eigenvalue weighted by Crippen LogP contribution is -2.49. The number of rotatable bonds is 4. The number of hydrogen-bond donors (Lipinski definition) is 2. The van der Waals surface area contributed by atoms with Gasteiger partial charge in [-0.05, 0) is 18.6 Å². The first-order valence-corrected chi connectivity index (χ1v) is 5.85. The van der Waals surface area contributed by atoms with Crippen molar-refractivity contribution >= 4 is 5.91 Å². The van der Waals surface area contributed by atoms with E-state index in [1.54, 1.807) is 19.2 Å². The van der Waals surface area contributed by atoms with Crippen molar-refractivity contribution in [2.75, 3.05) is 20.3 Å². The Morgan fingerprint density at radius 3 is 3.17 bits per heavy atom. The lowest BCUT2D eigenvalue weighted by molar-refractivity contribution is -0.0143. The molecule has 1 aromatic heterocycles. The average molecular weight is 255 g/mol. The summed E-state index contributed by atoms with van der Waals surface area (Å²) in [6.45, 7) is 1.16. The van der Waals surface area contributed by atoms with Gasteiger partial charge in [0.25, 0.3) is 5.91 Å². The molecule has 0 radical (unpaired) electrons. The minimum absolute atomic E-state index is 0.208. The van der Waals surface area contributed by atoms with Gasteiger partial charge in [0.15, 0.2) is 5.76 Å². The third-order valence-corrected chi connectivity index (χ3v) is 2.81. The number of aliphatic hydroxyl groups is 1. The minimum atomic E-state index is -0.573. The molecule has 1 aliphatic rings. The molecule has 0 spiro atoms. The van der Waals surface area contributed by atoms with Crippen LogP contribution in [0.2, 0.25) is 0 Å². The molecular formula is C12H17NO5. The summed E-state index contributed by atoms with van der Waals surface area (Å²) in [5.41, 5.74) is 0. The normalized spacial score (nSPS) is 23.9. The molecule has 6 nitrogen and oxygen atoms in total.